The van der Waals surface area contributed by atoms with Gasteiger partial charge in [0.1, 0.15) is 0 Å². The SMILES string of the molecule is CC(C)(C)c1cc(-c2ccc3c(c2)N(c2c(-c4ccccc4)cc(C(C)(C)C)cc2-c2ccccc2)c2cc(C(C)(C)C)cc4c2B3c2ccc(-n3c5ccc(C(C)(C)C)cc5c5cc(C(C)(C)C)ccc53)cc2N4c2c(-c3ccccc3)cc(C(C)(C)C)cc2-c2cccc(C(C)(C)C)n2)cc(C(C)(C)C)c1. The summed E-state index contributed by atoms with van der Waals surface area (Å²) in [5.41, 5.74) is 34.2. The van der Waals surface area contributed by atoms with Crippen molar-refractivity contribution in [1.82, 2.24) is 9.55 Å². The van der Waals surface area contributed by atoms with Gasteiger partial charge in [0.25, 0.3) is 6.71 Å². The third-order valence-electron chi connectivity index (χ3n) is 23.1. The van der Waals surface area contributed by atoms with Crippen LogP contribution in [0, 0.1) is 0 Å². The summed E-state index contributed by atoms with van der Waals surface area (Å²) in [5.74, 6) is 0. The highest BCUT2D eigenvalue weighted by molar-refractivity contribution is 7.00. The van der Waals surface area contributed by atoms with E-state index in [1.165, 1.54) is 111 Å². The molecule has 0 aliphatic carbocycles. The Morgan fingerprint density at radius 2 is 0.639 bits per heavy atom. The number of pyridine rings is 1. The van der Waals surface area contributed by atoms with Gasteiger partial charge in [-0.2, -0.15) is 0 Å². The van der Waals surface area contributed by atoms with Crippen LogP contribution in [0.25, 0.3) is 83.3 Å². The molecule has 0 saturated carbocycles. The van der Waals surface area contributed by atoms with Gasteiger partial charge in [0.05, 0.1) is 28.1 Å². The summed E-state index contributed by atoms with van der Waals surface area (Å²) < 4.78 is 2.57. The number of nitrogens with zero attached hydrogens (tertiary/aromatic N) is 4. The first-order valence-corrected chi connectivity index (χ1v) is 39.5. The molecule has 0 N–H and O–H groups in total. The molecule has 0 unspecified atom stereocenters. The molecule has 2 aliphatic rings. The summed E-state index contributed by atoms with van der Waals surface area (Å²) in [6.07, 6.45) is 0. The van der Waals surface area contributed by atoms with Crippen LogP contribution in [0.2, 0.25) is 0 Å². The van der Waals surface area contributed by atoms with Crippen molar-refractivity contribution in [2.45, 2.75) is 209 Å². The Hall–Kier alpha value is -9.97. The number of hydrogen-bond acceptors (Lipinski definition) is 3. The van der Waals surface area contributed by atoms with Crippen molar-refractivity contribution in [1.29, 1.82) is 0 Å². The number of rotatable bonds is 8. The lowest BCUT2D eigenvalue weighted by Crippen LogP contribution is -2.61. The van der Waals surface area contributed by atoms with E-state index in [0.29, 0.717) is 0 Å². The van der Waals surface area contributed by atoms with Crippen LogP contribution in [-0.2, 0) is 43.3 Å². The topological polar surface area (TPSA) is 24.3 Å². The normalized spacial score (nSPS) is 13.7. The van der Waals surface area contributed by atoms with Crippen LogP contribution in [0.15, 0.2) is 237 Å². The second kappa shape index (κ2) is 25.9. The molecule has 0 bridgehead atoms. The maximum absolute atomic E-state index is 5.85. The van der Waals surface area contributed by atoms with Gasteiger partial charge in [0, 0.05) is 72.6 Å². The molecule has 5 heteroatoms. The van der Waals surface area contributed by atoms with E-state index in [1.807, 2.05) is 0 Å². The Morgan fingerprint density at radius 1 is 0.259 bits per heavy atom. The van der Waals surface area contributed by atoms with Crippen molar-refractivity contribution in [3.63, 3.8) is 0 Å². The lowest BCUT2D eigenvalue weighted by atomic mass is 9.33. The molecule has 546 valence electrons. The lowest BCUT2D eigenvalue weighted by Gasteiger charge is -2.47. The van der Waals surface area contributed by atoms with Gasteiger partial charge in [-0.25, -0.2) is 0 Å². The minimum Gasteiger partial charge on any atom is -0.310 e. The number of fused-ring (bicyclic) bond motifs is 7. The average molecular weight is 1420 g/mol. The zero-order valence-electron chi connectivity index (χ0n) is 68.9. The van der Waals surface area contributed by atoms with Crippen molar-refractivity contribution < 1.29 is 0 Å². The first-order chi connectivity index (χ1) is 50.6. The van der Waals surface area contributed by atoms with E-state index in [-0.39, 0.29) is 50.0 Å². The maximum Gasteiger partial charge on any atom is 0.252 e. The number of benzene rings is 11. The van der Waals surface area contributed by atoms with Crippen LogP contribution in [0.1, 0.15) is 211 Å². The molecule has 11 aromatic carbocycles. The zero-order valence-corrected chi connectivity index (χ0v) is 68.9. The maximum atomic E-state index is 5.85. The fourth-order valence-corrected chi connectivity index (χ4v) is 16.4. The Balaban J connectivity index is 1.16. The smallest absolute Gasteiger partial charge is 0.252 e. The molecule has 15 rings (SSSR count). The fourth-order valence-electron chi connectivity index (χ4n) is 16.4. The average Bonchev–Trinajstić information content (AvgIpc) is 0.716. The van der Waals surface area contributed by atoms with E-state index < -0.39 is 0 Å². The van der Waals surface area contributed by atoms with Crippen LogP contribution >= 0.6 is 0 Å². The van der Waals surface area contributed by atoms with Crippen LogP contribution in [-0.4, -0.2) is 16.3 Å². The van der Waals surface area contributed by atoms with E-state index >= 15 is 0 Å². The zero-order chi connectivity index (χ0) is 77.1. The monoisotopic (exact) mass is 1410 g/mol. The largest absolute Gasteiger partial charge is 0.310 e. The number of aromatic nitrogens is 2. The number of hydrogen-bond donors (Lipinski definition) is 0. The molecule has 0 fully saturated rings. The quantitative estimate of drug-likeness (QED) is 0.142. The van der Waals surface area contributed by atoms with E-state index in [2.05, 4.69) is 417 Å². The molecule has 2 aromatic heterocycles. The summed E-state index contributed by atoms with van der Waals surface area (Å²) in [6, 6.07) is 92.8. The molecule has 0 radical (unpaired) electrons. The van der Waals surface area contributed by atoms with Gasteiger partial charge in [0.2, 0.25) is 0 Å². The van der Waals surface area contributed by atoms with E-state index in [0.717, 1.165) is 67.9 Å². The molecule has 0 amide bonds. The second-order valence-electron chi connectivity index (χ2n) is 39.5. The second-order valence-corrected chi connectivity index (χ2v) is 39.5. The van der Waals surface area contributed by atoms with Crippen LogP contribution in [0.4, 0.5) is 34.1 Å². The summed E-state index contributed by atoms with van der Waals surface area (Å²) in [5, 5.41) is 2.53. The molecule has 0 atom stereocenters. The summed E-state index contributed by atoms with van der Waals surface area (Å²) in [7, 11) is 0. The molecular formula is C103H111BN4. The molecule has 0 spiro atoms. The predicted molar refractivity (Wildman–Crippen MR) is 469 cm³/mol. The lowest BCUT2D eigenvalue weighted by molar-refractivity contribution is 0.569. The summed E-state index contributed by atoms with van der Waals surface area (Å²) in [4.78, 5) is 11.3. The predicted octanol–water partition coefficient (Wildman–Crippen LogP) is 27.0. The van der Waals surface area contributed by atoms with Crippen molar-refractivity contribution in [2.24, 2.45) is 0 Å². The van der Waals surface area contributed by atoms with Crippen LogP contribution in [0.5, 0.6) is 0 Å². The molecule has 4 nitrogen and oxygen atoms in total. The van der Waals surface area contributed by atoms with Crippen molar-refractivity contribution in [3.05, 3.63) is 281 Å². The first kappa shape index (κ1) is 73.5. The van der Waals surface area contributed by atoms with Gasteiger partial charge < -0.3 is 14.4 Å². The summed E-state index contributed by atoms with van der Waals surface area (Å²) in [6.45, 7) is 56.2. The Labute approximate surface area is 646 Å². The first-order valence-electron chi connectivity index (χ1n) is 39.5. The Bertz CT molecular complexity index is 5530. The van der Waals surface area contributed by atoms with Gasteiger partial charge >= 0.3 is 0 Å². The van der Waals surface area contributed by atoms with Crippen LogP contribution < -0.4 is 26.2 Å². The third-order valence-corrected chi connectivity index (χ3v) is 23.1. The van der Waals surface area contributed by atoms with Crippen LogP contribution in [0.3, 0.4) is 0 Å². The molecule has 2 aliphatic heterocycles. The highest BCUT2D eigenvalue weighted by Crippen LogP contribution is 2.56. The standard InChI is InChI=1S/C103H111BN4/c1-96(2,3)69-44-49-86-80(55-69)81-56-70(97(4,5)6)45-50-87(81)106(86)76-46-48-84-89(63-76)108(95-79(66-39-32-27-33-40-66)59-74(101(16,17)18)60-82(95)85-41-34-42-92(105-85)103(22,23)24)91-62-75(102(19,20)21)61-90-93(91)104(84)83-47-43-67(68-51-71(98(7,8)9)54-72(52-68)99(10,11)12)53-88(83)107(90)94-77(64-35-28-25-29-36-64)57-73(100(13,14)15)58-78(94)65-37-30-26-31-38-65/h25-63H,1-24H3. The van der Waals surface area contributed by atoms with Crippen molar-refractivity contribution >= 4 is 79.0 Å². The minimum atomic E-state index is -0.343. The minimum absolute atomic E-state index is 0.0622. The Morgan fingerprint density at radius 3 is 1.06 bits per heavy atom. The van der Waals surface area contributed by atoms with E-state index in [9.17, 15) is 0 Å². The molecule has 108 heavy (non-hydrogen) atoms. The third kappa shape index (κ3) is 13.2. The van der Waals surface area contributed by atoms with E-state index in [4.69, 9.17) is 4.98 Å². The highest BCUT2D eigenvalue weighted by atomic mass is 15.2. The number of anilines is 6. The Kier molecular flexibility index (Phi) is 17.6. The van der Waals surface area contributed by atoms with Gasteiger partial charge in [-0.05, 0) is 212 Å². The van der Waals surface area contributed by atoms with Gasteiger partial charge in [-0.3, -0.25) is 4.98 Å². The van der Waals surface area contributed by atoms with Gasteiger partial charge in [0.15, 0.2) is 0 Å². The molecule has 13 aromatic rings. The molecule has 4 heterocycles. The van der Waals surface area contributed by atoms with Gasteiger partial charge in [-0.15, -0.1) is 0 Å². The van der Waals surface area contributed by atoms with Crippen molar-refractivity contribution in [2.75, 3.05) is 9.80 Å². The molecular weight excluding hydrogens is 1300 g/mol. The highest BCUT2D eigenvalue weighted by Gasteiger charge is 2.47. The van der Waals surface area contributed by atoms with Crippen molar-refractivity contribution in [3.8, 4) is 61.5 Å². The fraction of sp³-hybridized carbons (Fsp3) is 0.311. The molecule has 0 saturated heterocycles. The summed E-state index contributed by atoms with van der Waals surface area (Å²) >= 11 is 0. The van der Waals surface area contributed by atoms with E-state index in [1.54, 1.807) is 0 Å². The van der Waals surface area contributed by atoms with Gasteiger partial charge in [-0.1, -0.05) is 312 Å².